The summed E-state index contributed by atoms with van der Waals surface area (Å²) < 4.78 is 18.5. The number of nitrogens with zero attached hydrogens (tertiary/aromatic N) is 2. The molecule has 2 aromatic rings. The van der Waals surface area contributed by atoms with Gasteiger partial charge in [0.2, 0.25) is 0 Å². The van der Waals surface area contributed by atoms with Crippen LogP contribution in [0.1, 0.15) is 5.69 Å². The van der Waals surface area contributed by atoms with E-state index >= 15 is 0 Å². The molecule has 1 heterocycles. The lowest BCUT2D eigenvalue weighted by molar-refractivity contribution is 0.409. The average molecular weight is 237 g/mol. The van der Waals surface area contributed by atoms with Crippen LogP contribution in [0.15, 0.2) is 12.1 Å². The van der Waals surface area contributed by atoms with Gasteiger partial charge in [-0.2, -0.15) is 5.10 Å². The summed E-state index contributed by atoms with van der Waals surface area (Å²) in [5, 5.41) is 7.92. The van der Waals surface area contributed by atoms with Crippen molar-refractivity contribution in [1.82, 2.24) is 15.1 Å². The smallest absolute Gasteiger partial charge is 0.133 e. The molecule has 17 heavy (non-hydrogen) atoms. The molecule has 0 atom stereocenters. The molecular weight excluding hydrogens is 221 g/mol. The molecule has 0 saturated carbocycles. The Morgan fingerprint density at radius 3 is 2.82 bits per heavy atom. The van der Waals surface area contributed by atoms with Gasteiger partial charge in [-0.05, 0) is 14.1 Å². The van der Waals surface area contributed by atoms with Gasteiger partial charge in [0.15, 0.2) is 0 Å². The Morgan fingerprint density at radius 1 is 1.41 bits per heavy atom. The molecule has 1 aromatic heterocycles. The number of ether oxygens (including phenoxy) is 1. The number of H-pyrrole nitrogens is 1. The second-order valence-electron chi connectivity index (χ2n) is 4.26. The molecule has 2 rings (SSSR count). The Balaban J connectivity index is 2.43. The first-order chi connectivity index (χ1) is 8.11. The molecule has 0 saturated heterocycles. The van der Waals surface area contributed by atoms with Crippen LogP contribution in [0.4, 0.5) is 4.39 Å². The van der Waals surface area contributed by atoms with Crippen molar-refractivity contribution in [2.45, 2.75) is 6.42 Å². The monoisotopic (exact) mass is 237 g/mol. The highest BCUT2D eigenvalue weighted by molar-refractivity contribution is 5.87. The molecule has 0 radical (unpaired) electrons. The summed E-state index contributed by atoms with van der Waals surface area (Å²) in [5.41, 5.74) is 1.58. The van der Waals surface area contributed by atoms with E-state index < -0.39 is 0 Å². The summed E-state index contributed by atoms with van der Waals surface area (Å²) in [6.45, 7) is 0.901. The predicted octanol–water partition coefficient (Wildman–Crippen LogP) is 1.81. The van der Waals surface area contributed by atoms with Gasteiger partial charge in [-0.25, -0.2) is 4.39 Å². The van der Waals surface area contributed by atoms with E-state index in [2.05, 4.69) is 15.1 Å². The molecule has 92 valence electrons. The normalized spacial score (nSPS) is 11.4. The van der Waals surface area contributed by atoms with Crippen molar-refractivity contribution in [2.24, 2.45) is 0 Å². The maximum absolute atomic E-state index is 13.3. The van der Waals surface area contributed by atoms with Crippen molar-refractivity contribution < 1.29 is 9.13 Å². The molecular formula is C12H16FN3O. The number of benzene rings is 1. The largest absolute Gasteiger partial charge is 0.496 e. The quantitative estimate of drug-likeness (QED) is 0.881. The number of rotatable bonds is 4. The minimum atomic E-state index is -0.333. The number of aromatic nitrogens is 2. The molecule has 0 aliphatic rings. The number of hydrogen-bond acceptors (Lipinski definition) is 3. The van der Waals surface area contributed by atoms with E-state index in [1.807, 2.05) is 14.1 Å². The first-order valence-electron chi connectivity index (χ1n) is 5.47. The number of hydrogen-bond donors (Lipinski definition) is 1. The van der Waals surface area contributed by atoms with E-state index in [9.17, 15) is 4.39 Å². The average Bonchev–Trinajstić information content (AvgIpc) is 2.68. The predicted molar refractivity (Wildman–Crippen MR) is 64.9 cm³/mol. The van der Waals surface area contributed by atoms with Gasteiger partial charge in [-0.3, -0.25) is 5.10 Å². The second kappa shape index (κ2) is 4.71. The summed E-state index contributed by atoms with van der Waals surface area (Å²) in [6.07, 6.45) is 0.825. The minimum absolute atomic E-state index is 0.333. The zero-order valence-corrected chi connectivity index (χ0v) is 10.2. The summed E-state index contributed by atoms with van der Waals surface area (Å²) in [4.78, 5) is 2.09. The van der Waals surface area contributed by atoms with Gasteiger partial charge >= 0.3 is 0 Å². The maximum Gasteiger partial charge on any atom is 0.133 e. The van der Waals surface area contributed by atoms with Crippen LogP contribution in [0.2, 0.25) is 0 Å². The number of halogens is 1. The van der Waals surface area contributed by atoms with Crippen LogP contribution < -0.4 is 4.74 Å². The van der Waals surface area contributed by atoms with Crippen LogP contribution in [0.5, 0.6) is 5.75 Å². The molecule has 0 spiro atoms. The van der Waals surface area contributed by atoms with Gasteiger partial charge in [-0.1, -0.05) is 0 Å². The summed E-state index contributed by atoms with van der Waals surface area (Å²) >= 11 is 0. The lowest BCUT2D eigenvalue weighted by atomic mass is 10.1. The summed E-state index contributed by atoms with van der Waals surface area (Å²) in [5.74, 6) is 0.197. The Labute approximate surface area is 99.4 Å². The number of fused-ring (bicyclic) bond motifs is 1. The van der Waals surface area contributed by atoms with Crippen LogP contribution in [0.3, 0.4) is 0 Å². The number of aromatic amines is 1. The van der Waals surface area contributed by atoms with Crippen molar-refractivity contribution in [2.75, 3.05) is 27.7 Å². The maximum atomic E-state index is 13.3. The van der Waals surface area contributed by atoms with Crippen LogP contribution in [-0.2, 0) is 6.42 Å². The third-order valence-corrected chi connectivity index (χ3v) is 2.69. The van der Waals surface area contributed by atoms with Gasteiger partial charge in [0.1, 0.15) is 11.6 Å². The van der Waals surface area contributed by atoms with Gasteiger partial charge in [0, 0.05) is 30.8 Å². The van der Waals surface area contributed by atoms with E-state index in [4.69, 9.17) is 4.74 Å². The Hall–Kier alpha value is -1.62. The van der Waals surface area contributed by atoms with Gasteiger partial charge in [0.25, 0.3) is 0 Å². The highest BCUT2D eigenvalue weighted by atomic mass is 19.1. The van der Waals surface area contributed by atoms with Gasteiger partial charge in [0.05, 0.1) is 18.0 Å². The number of likely N-dealkylation sites (N-methyl/N-ethyl adjacent to an activating group) is 1. The standard InChI is InChI=1S/C12H16FN3O/c1-16(2)5-4-9-12-10(15-14-9)6-8(13)7-11(12)17-3/h6-7H,4-5H2,1-3H3,(H,14,15). The Morgan fingerprint density at radius 2 is 2.18 bits per heavy atom. The van der Waals surface area contributed by atoms with Crippen molar-refractivity contribution in [3.63, 3.8) is 0 Å². The molecule has 0 amide bonds. The fourth-order valence-corrected chi connectivity index (χ4v) is 1.82. The third-order valence-electron chi connectivity index (χ3n) is 2.69. The van der Waals surface area contributed by atoms with Crippen molar-refractivity contribution in [3.8, 4) is 5.75 Å². The molecule has 0 unspecified atom stereocenters. The highest BCUT2D eigenvalue weighted by Crippen LogP contribution is 2.28. The van der Waals surface area contributed by atoms with Crippen LogP contribution >= 0.6 is 0 Å². The van der Waals surface area contributed by atoms with E-state index in [0.29, 0.717) is 11.3 Å². The van der Waals surface area contributed by atoms with Crippen molar-refractivity contribution >= 4 is 10.9 Å². The number of methoxy groups -OCH3 is 1. The topological polar surface area (TPSA) is 41.1 Å². The molecule has 0 fully saturated rings. The number of nitrogens with one attached hydrogen (secondary N) is 1. The third kappa shape index (κ3) is 2.39. The van der Waals surface area contributed by atoms with Gasteiger partial charge in [-0.15, -0.1) is 0 Å². The summed E-state index contributed by atoms with van der Waals surface area (Å²) in [7, 11) is 5.56. The van der Waals surface area contributed by atoms with E-state index in [1.54, 1.807) is 0 Å². The molecule has 1 aromatic carbocycles. The van der Waals surface area contributed by atoms with Crippen LogP contribution in [0.25, 0.3) is 10.9 Å². The molecule has 1 N–H and O–H groups in total. The molecule has 0 bridgehead atoms. The van der Waals surface area contributed by atoms with Gasteiger partial charge < -0.3 is 9.64 Å². The zero-order valence-electron chi connectivity index (χ0n) is 10.2. The lowest BCUT2D eigenvalue weighted by Gasteiger charge is -2.09. The fourth-order valence-electron chi connectivity index (χ4n) is 1.82. The molecule has 0 aliphatic heterocycles. The van der Waals surface area contributed by atoms with E-state index in [-0.39, 0.29) is 5.82 Å². The van der Waals surface area contributed by atoms with E-state index in [1.165, 1.54) is 19.2 Å². The van der Waals surface area contributed by atoms with Crippen LogP contribution in [0, 0.1) is 5.82 Å². The van der Waals surface area contributed by atoms with Crippen molar-refractivity contribution in [1.29, 1.82) is 0 Å². The zero-order chi connectivity index (χ0) is 12.4. The molecule has 5 heteroatoms. The first-order valence-corrected chi connectivity index (χ1v) is 5.47. The Bertz CT molecular complexity index is 522. The SMILES string of the molecule is COc1cc(F)cc2n[nH]c(CCN(C)C)c12. The van der Waals surface area contributed by atoms with Crippen LogP contribution in [-0.4, -0.2) is 42.8 Å². The van der Waals surface area contributed by atoms with Crippen molar-refractivity contribution in [3.05, 3.63) is 23.6 Å². The minimum Gasteiger partial charge on any atom is -0.496 e. The molecule has 0 aliphatic carbocycles. The highest BCUT2D eigenvalue weighted by Gasteiger charge is 2.12. The Kier molecular flexibility index (Phi) is 3.28. The first kappa shape index (κ1) is 11.9. The fraction of sp³-hybridized carbons (Fsp3) is 0.417. The second-order valence-corrected chi connectivity index (χ2v) is 4.26. The van der Waals surface area contributed by atoms with E-state index in [0.717, 1.165) is 24.0 Å². The summed E-state index contributed by atoms with van der Waals surface area (Å²) in [6, 6.07) is 2.80. The lowest BCUT2D eigenvalue weighted by Crippen LogP contribution is -2.15. The molecule has 4 nitrogen and oxygen atoms in total.